The van der Waals surface area contributed by atoms with E-state index in [1.165, 1.54) is 30.4 Å². The van der Waals surface area contributed by atoms with Crippen LogP contribution in [0.3, 0.4) is 0 Å². The maximum atomic E-state index is 12.1. The smallest absolute Gasteiger partial charge is 0.251 e. The fourth-order valence-electron chi connectivity index (χ4n) is 4.43. The summed E-state index contributed by atoms with van der Waals surface area (Å²) in [4.78, 5) is 12.1. The van der Waals surface area contributed by atoms with Crippen LogP contribution in [0.2, 0.25) is 0 Å². The van der Waals surface area contributed by atoms with E-state index in [0.29, 0.717) is 6.04 Å². The average Bonchev–Trinajstić information content (AvgIpc) is 3.11. The Bertz CT molecular complexity index is 558. The average molecular weight is 284 g/mol. The first-order valence-corrected chi connectivity index (χ1v) is 8.40. The summed E-state index contributed by atoms with van der Waals surface area (Å²) < 4.78 is 0. The number of amides is 1. The zero-order chi connectivity index (χ0) is 14.4. The monoisotopic (exact) mass is 284 g/mol. The van der Waals surface area contributed by atoms with Crippen LogP contribution in [-0.2, 0) is 6.42 Å². The summed E-state index contributed by atoms with van der Waals surface area (Å²) in [5, 5.41) is 6.63. The molecule has 2 N–H and O–H groups in total. The van der Waals surface area contributed by atoms with Gasteiger partial charge in [-0.15, -0.1) is 0 Å². The number of rotatable bonds is 4. The van der Waals surface area contributed by atoms with Crippen LogP contribution in [0.4, 0.5) is 0 Å². The SMILES string of the molecule is CCNC(c1ccc2c(c1)C(=O)NCC2)C1CC2CC2C1. The van der Waals surface area contributed by atoms with E-state index in [0.717, 1.165) is 42.8 Å². The van der Waals surface area contributed by atoms with Gasteiger partial charge in [0.25, 0.3) is 5.91 Å². The van der Waals surface area contributed by atoms with Crippen LogP contribution in [0.1, 0.15) is 53.7 Å². The molecule has 1 aromatic carbocycles. The molecule has 2 saturated carbocycles. The van der Waals surface area contributed by atoms with Crippen LogP contribution < -0.4 is 10.6 Å². The number of hydrogen-bond donors (Lipinski definition) is 2. The van der Waals surface area contributed by atoms with Crippen LogP contribution in [-0.4, -0.2) is 19.0 Å². The lowest BCUT2D eigenvalue weighted by molar-refractivity contribution is 0.0946. The van der Waals surface area contributed by atoms with Crippen LogP contribution in [0.25, 0.3) is 0 Å². The Morgan fingerprint density at radius 3 is 2.86 bits per heavy atom. The van der Waals surface area contributed by atoms with Crippen molar-refractivity contribution in [1.82, 2.24) is 10.6 Å². The van der Waals surface area contributed by atoms with Gasteiger partial charge in [-0.05, 0) is 67.2 Å². The lowest BCUT2D eigenvalue weighted by Crippen LogP contribution is -2.33. The summed E-state index contributed by atoms with van der Waals surface area (Å²) in [6.07, 6.45) is 5.15. The van der Waals surface area contributed by atoms with Crippen LogP contribution in [0, 0.1) is 17.8 Å². The molecular weight excluding hydrogens is 260 g/mol. The molecule has 0 spiro atoms. The van der Waals surface area contributed by atoms with E-state index in [1.807, 2.05) is 0 Å². The molecule has 0 aromatic heterocycles. The number of nitrogens with one attached hydrogen (secondary N) is 2. The van der Waals surface area contributed by atoms with Gasteiger partial charge >= 0.3 is 0 Å². The van der Waals surface area contributed by atoms with Gasteiger partial charge in [0.05, 0.1) is 0 Å². The van der Waals surface area contributed by atoms with Gasteiger partial charge in [0.15, 0.2) is 0 Å². The van der Waals surface area contributed by atoms with Gasteiger partial charge in [0, 0.05) is 18.2 Å². The fourth-order valence-corrected chi connectivity index (χ4v) is 4.43. The molecule has 2 aliphatic carbocycles. The van der Waals surface area contributed by atoms with E-state index in [1.54, 1.807) is 0 Å². The Kier molecular flexibility index (Phi) is 3.26. The van der Waals surface area contributed by atoms with Crippen molar-refractivity contribution in [2.75, 3.05) is 13.1 Å². The molecule has 1 heterocycles. The van der Waals surface area contributed by atoms with Crippen molar-refractivity contribution in [2.24, 2.45) is 17.8 Å². The molecule has 0 radical (unpaired) electrons. The van der Waals surface area contributed by atoms with Gasteiger partial charge in [0.1, 0.15) is 0 Å². The Morgan fingerprint density at radius 2 is 2.10 bits per heavy atom. The fraction of sp³-hybridized carbons (Fsp3) is 0.611. The molecule has 21 heavy (non-hydrogen) atoms. The predicted octanol–water partition coefficient (Wildman–Crippen LogP) is 2.67. The number of hydrogen-bond acceptors (Lipinski definition) is 2. The predicted molar refractivity (Wildman–Crippen MR) is 83.2 cm³/mol. The van der Waals surface area contributed by atoms with E-state index in [2.05, 4.69) is 35.8 Å². The van der Waals surface area contributed by atoms with Crippen molar-refractivity contribution in [3.63, 3.8) is 0 Å². The topological polar surface area (TPSA) is 41.1 Å². The van der Waals surface area contributed by atoms with Crippen molar-refractivity contribution in [2.45, 2.75) is 38.6 Å². The second kappa shape index (κ2) is 5.13. The Hall–Kier alpha value is -1.35. The minimum absolute atomic E-state index is 0.0996. The van der Waals surface area contributed by atoms with E-state index >= 15 is 0 Å². The summed E-state index contributed by atoms with van der Waals surface area (Å²) in [5.41, 5.74) is 3.40. The van der Waals surface area contributed by atoms with Gasteiger partial charge in [-0.3, -0.25) is 4.79 Å². The molecule has 0 bridgehead atoms. The summed E-state index contributed by atoms with van der Waals surface area (Å²) in [6.45, 7) is 3.93. The second-order valence-corrected chi connectivity index (χ2v) is 6.95. The molecule has 0 saturated heterocycles. The molecule has 3 nitrogen and oxygen atoms in total. The molecule has 1 aromatic rings. The molecule has 3 atom stereocenters. The van der Waals surface area contributed by atoms with E-state index in [4.69, 9.17) is 0 Å². The highest BCUT2D eigenvalue weighted by Crippen LogP contribution is 2.57. The third-order valence-corrected chi connectivity index (χ3v) is 5.59. The van der Waals surface area contributed by atoms with Crippen LogP contribution in [0.15, 0.2) is 18.2 Å². The maximum absolute atomic E-state index is 12.1. The van der Waals surface area contributed by atoms with E-state index in [-0.39, 0.29) is 5.91 Å². The molecule has 3 aliphatic rings. The highest BCUT2D eigenvalue weighted by Gasteiger charge is 2.48. The standard InChI is InChI=1S/C18H24N2O/c1-2-19-17(15-8-13-7-14(13)9-15)12-4-3-11-5-6-20-18(21)16(11)10-12/h3-4,10,13-15,17,19H,2,5-9H2,1H3,(H,20,21). The van der Waals surface area contributed by atoms with Crippen molar-refractivity contribution >= 4 is 5.91 Å². The molecule has 4 rings (SSSR count). The first-order chi connectivity index (χ1) is 10.3. The van der Waals surface area contributed by atoms with Crippen molar-refractivity contribution in [1.29, 1.82) is 0 Å². The summed E-state index contributed by atoms with van der Waals surface area (Å²) in [5.74, 6) is 2.84. The summed E-state index contributed by atoms with van der Waals surface area (Å²) in [7, 11) is 0. The van der Waals surface area contributed by atoms with Crippen molar-refractivity contribution in [3.8, 4) is 0 Å². The number of carbonyl (C=O) groups is 1. The number of carbonyl (C=O) groups excluding carboxylic acids is 1. The molecular formula is C18H24N2O. The van der Waals surface area contributed by atoms with Gasteiger partial charge in [-0.2, -0.15) is 0 Å². The zero-order valence-electron chi connectivity index (χ0n) is 12.7. The number of benzene rings is 1. The van der Waals surface area contributed by atoms with Crippen LogP contribution in [0.5, 0.6) is 0 Å². The van der Waals surface area contributed by atoms with Gasteiger partial charge in [0.2, 0.25) is 0 Å². The highest BCUT2D eigenvalue weighted by molar-refractivity contribution is 5.96. The molecule has 3 unspecified atom stereocenters. The largest absolute Gasteiger partial charge is 0.352 e. The second-order valence-electron chi connectivity index (χ2n) is 6.95. The van der Waals surface area contributed by atoms with Gasteiger partial charge in [-0.1, -0.05) is 19.1 Å². The van der Waals surface area contributed by atoms with E-state index < -0.39 is 0 Å². The van der Waals surface area contributed by atoms with Crippen LogP contribution >= 0.6 is 0 Å². The Balaban J connectivity index is 1.62. The Labute approximate surface area is 126 Å². The third-order valence-electron chi connectivity index (χ3n) is 5.59. The lowest BCUT2D eigenvalue weighted by atomic mass is 9.86. The first kappa shape index (κ1) is 13.3. The van der Waals surface area contributed by atoms with Crippen molar-refractivity contribution < 1.29 is 4.79 Å². The normalized spacial score (nSPS) is 31.3. The lowest BCUT2D eigenvalue weighted by Gasteiger charge is -2.27. The van der Waals surface area contributed by atoms with Gasteiger partial charge < -0.3 is 10.6 Å². The van der Waals surface area contributed by atoms with E-state index in [9.17, 15) is 4.79 Å². The Morgan fingerprint density at radius 1 is 1.29 bits per heavy atom. The van der Waals surface area contributed by atoms with Gasteiger partial charge in [-0.25, -0.2) is 0 Å². The minimum atomic E-state index is 0.0996. The maximum Gasteiger partial charge on any atom is 0.251 e. The van der Waals surface area contributed by atoms with Crippen molar-refractivity contribution in [3.05, 3.63) is 34.9 Å². The zero-order valence-corrected chi connectivity index (χ0v) is 12.7. The minimum Gasteiger partial charge on any atom is -0.352 e. The quantitative estimate of drug-likeness (QED) is 0.892. The highest BCUT2D eigenvalue weighted by atomic mass is 16.1. The molecule has 1 amide bonds. The summed E-state index contributed by atoms with van der Waals surface area (Å²) >= 11 is 0. The molecule has 1 aliphatic heterocycles. The number of fused-ring (bicyclic) bond motifs is 2. The molecule has 112 valence electrons. The third kappa shape index (κ3) is 2.38. The molecule has 3 heteroatoms. The first-order valence-electron chi connectivity index (χ1n) is 8.40. The summed E-state index contributed by atoms with van der Waals surface area (Å²) in [6, 6.07) is 6.97. The molecule has 2 fully saturated rings.